The Morgan fingerprint density at radius 1 is 1.24 bits per heavy atom. The average molecular weight is 288 g/mol. The van der Waals surface area contributed by atoms with Crippen LogP contribution < -0.4 is 15.8 Å². The minimum atomic E-state index is 0.424. The number of nitrogens with two attached hydrogens (primary N) is 1. The van der Waals surface area contributed by atoms with Crippen LogP contribution in [0.3, 0.4) is 0 Å². The molecule has 0 aliphatic carbocycles. The summed E-state index contributed by atoms with van der Waals surface area (Å²) in [5.74, 6) is 2.48. The Hall–Kier alpha value is -2.34. The van der Waals surface area contributed by atoms with Crippen molar-refractivity contribution in [3.05, 3.63) is 36.2 Å². The first-order chi connectivity index (χ1) is 10.2. The minimum Gasteiger partial charge on any atom is -0.492 e. The van der Waals surface area contributed by atoms with Crippen LogP contribution in [-0.2, 0) is 11.2 Å². The van der Waals surface area contributed by atoms with Crippen molar-refractivity contribution >= 4 is 17.3 Å². The van der Waals surface area contributed by atoms with Crippen LogP contribution in [0.15, 0.2) is 30.3 Å². The number of methoxy groups -OCH3 is 1. The van der Waals surface area contributed by atoms with E-state index in [4.69, 9.17) is 15.2 Å². The topological polar surface area (TPSA) is 82.3 Å². The minimum absolute atomic E-state index is 0.424. The average Bonchev–Trinajstić information content (AvgIpc) is 2.47. The molecule has 112 valence electrons. The number of aromatic nitrogens is 2. The van der Waals surface area contributed by atoms with Gasteiger partial charge in [0.05, 0.1) is 18.9 Å². The van der Waals surface area contributed by atoms with E-state index in [0.29, 0.717) is 37.1 Å². The van der Waals surface area contributed by atoms with Gasteiger partial charge >= 0.3 is 0 Å². The molecule has 0 unspecified atom stereocenters. The Bertz CT molecular complexity index is 590. The van der Waals surface area contributed by atoms with Gasteiger partial charge in [-0.2, -0.15) is 0 Å². The van der Waals surface area contributed by atoms with E-state index >= 15 is 0 Å². The molecule has 0 saturated heterocycles. The smallest absolute Gasteiger partial charge is 0.142 e. The van der Waals surface area contributed by atoms with Crippen LogP contribution in [0.2, 0.25) is 0 Å². The lowest BCUT2D eigenvalue weighted by molar-refractivity contribution is 0.200. The van der Waals surface area contributed by atoms with Gasteiger partial charge in [-0.1, -0.05) is 12.1 Å². The fourth-order valence-corrected chi connectivity index (χ4v) is 1.88. The zero-order chi connectivity index (χ0) is 15.1. The van der Waals surface area contributed by atoms with Crippen molar-refractivity contribution in [3.63, 3.8) is 0 Å². The lowest BCUT2D eigenvalue weighted by Gasteiger charge is -2.12. The van der Waals surface area contributed by atoms with Crippen LogP contribution in [0.4, 0.5) is 17.3 Å². The molecule has 3 N–H and O–H groups in total. The number of anilines is 3. The maximum absolute atomic E-state index is 5.82. The summed E-state index contributed by atoms with van der Waals surface area (Å²) in [5.41, 5.74) is 6.66. The molecule has 1 aromatic heterocycles. The van der Waals surface area contributed by atoms with Gasteiger partial charge in [-0.25, -0.2) is 9.97 Å². The van der Waals surface area contributed by atoms with Gasteiger partial charge in [0.25, 0.3) is 0 Å². The van der Waals surface area contributed by atoms with E-state index in [1.165, 1.54) is 0 Å². The zero-order valence-corrected chi connectivity index (χ0v) is 12.3. The van der Waals surface area contributed by atoms with Crippen LogP contribution in [0.1, 0.15) is 12.7 Å². The third-order valence-electron chi connectivity index (χ3n) is 2.77. The normalized spacial score (nSPS) is 10.4. The molecule has 6 nitrogen and oxygen atoms in total. The molecule has 0 atom stereocenters. The molecule has 0 radical (unpaired) electrons. The van der Waals surface area contributed by atoms with Gasteiger partial charge in [0.15, 0.2) is 0 Å². The summed E-state index contributed by atoms with van der Waals surface area (Å²) in [6.45, 7) is 3.10. The quantitative estimate of drug-likeness (QED) is 0.814. The SMILES string of the molecule is CCOc1ccccc1Nc1cc(N)nc(CCOC)n1. The predicted octanol–water partition coefficient (Wildman–Crippen LogP) is 2.39. The van der Waals surface area contributed by atoms with Crippen molar-refractivity contribution in [1.82, 2.24) is 9.97 Å². The molecule has 0 saturated carbocycles. The summed E-state index contributed by atoms with van der Waals surface area (Å²) in [7, 11) is 1.64. The number of rotatable bonds is 7. The molecule has 6 heteroatoms. The summed E-state index contributed by atoms with van der Waals surface area (Å²) in [6, 6.07) is 9.38. The van der Waals surface area contributed by atoms with Gasteiger partial charge < -0.3 is 20.5 Å². The van der Waals surface area contributed by atoms with E-state index in [1.807, 2.05) is 31.2 Å². The molecule has 1 heterocycles. The molecule has 2 aromatic rings. The Balaban J connectivity index is 2.21. The first-order valence-electron chi connectivity index (χ1n) is 6.84. The Kier molecular flexibility index (Phi) is 5.34. The molecule has 0 bridgehead atoms. The highest BCUT2D eigenvalue weighted by Gasteiger charge is 2.06. The van der Waals surface area contributed by atoms with Gasteiger partial charge in [-0.3, -0.25) is 0 Å². The lowest BCUT2D eigenvalue weighted by Crippen LogP contribution is -2.06. The first-order valence-corrected chi connectivity index (χ1v) is 6.84. The largest absolute Gasteiger partial charge is 0.492 e. The summed E-state index contributed by atoms with van der Waals surface area (Å²) in [4.78, 5) is 8.62. The molecule has 0 amide bonds. The highest BCUT2D eigenvalue weighted by atomic mass is 16.5. The van der Waals surface area contributed by atoms with Crippen molar-refractivity contribution in [2.24, 2.45) is 0 Å². The number of hydrogen-bond donors (Lipinski definition) is 2. The second-order valence-corrected chi connectivity index (χ2v) is 4.39. The highest BCUT2D eigenvalue weighted by Crippen LogP contribution is 2.27. The maximum Gasteiger partial charge on any atom is 0.142 e. The molecule has 21 heavy (non-hydrogen) atoms. The standard InChI is InChI=1S/C15H20N4O2/c1-3-21-12-7-5-4-6-11(12)17-15-10-13(16)18-14(19-15)8-9-20-2/h4-7,10H,3,8-9H2,1-2H3,(H3,16,17,18,19). The number of para-hydroxylation sites is 2. The summed E-state index contributed by atoms with van der Waals surface area (Å²) >= 11 is 0. The monoisotopic (exact) mass is 288 g/mol. The Morgan fingerprint density at radius 2 is 2.05 bits per heavy atom. The molecular weight excluding hydrogens is 268 g/mol. The zero-order valence-electron chi connectivity index (χ0n) is 12.3. The maximum atomic E-state index is 5.82. The van der Waals surface area contributed by atoms with Crippen LogP contribution in [0.5, 0.6) is 5.75 Å². The van der Waals surface area contributed by atoms with Crippen LogP contribution in [0.25, 0.3) is 0 Å². The predicted molar refractivity (Wildman–Crippen MR) is 82.9 cm³/mol. The second-order valence-electron chi connectivity index (χ2n) is 4.39. The van der Waals surface area contributed by atoms with Crippen molar-refractivity contribution in [3.8, 4) is 5.75 Å². The van der Waals surface area contributed by atoms with Crippen molar-refractivity contribution in [2.45, 2.75) is 13.3 Å². The van der Waals surface area contributed by atoms with Crippen LogP contribution in [0, 0.1) is 0 Å². The fourth-order valence-electron chi connectivity index (χ4n) is 1.88. The van der Waals surface area contributed by atoms with E-state index in [1.54, 1.807) is 13.2 Å². The molecule has 1 aromatic carbocycles. The van der Waals surface area contributed by atoms with Gasteiger partial charge in [-0.05, 0) is 19.1 Å². The van der Waals surface area contributed by atoms with Crippen molar-refractivity contribution in [2.75, 3.05) is 31.4 Å². The highest BCUT2D eigenvalue weighted by molar-refractivity contribution is 5.65. The van der Waals surface area contributed by atoms with Gasteiger partial charge in [-0.15, -0.1) is 0 Å². The number of benzene rings is 1. The van der Waals surface area contributed by atoms with Gasteiger partial charge in [0.2, 0.25) is 0 Å². The molecule has 0 aliphatic rings. The van der Waals surface area contributed by atoms with Gasteiger partial charge in [0.1, 0.15) is 23.2 Å². The number of nitrogens with zero attached hydrogens (tertiary/aromatic N) is 2. The van der Waals surface area contributed by atoms with E-state index in [9.17, 15) is 0 Å². The van der Waals surface area contributed by atoms with E-state index in [-0.39, 0.29) is 0 Å². The van der Waals surface area contributed by atoms with E-state index in [0.717, 1.165) is 11.4 Å². The Labute approximate surface area is 124 Å². The first kappa shape index (κ1) is 15.1. The van der Waals surface area contributed by atoms with Crippen molar-refractivity contribution in [1.29, 1.82) is 0 Å². The molecule has 2 rings (SSSR count). The number of hydrogen-bond acceptors (Lipinski definition) is 6. The summed E-state index contributed by atoms with van der Waals surface area (Å²) in [5, 5.41) is 3.22. The Morgan fingerprint density at radius 3 is 2.81 bits per heavy atom. The second kappa shape index (κ2) is 7.44. The molecular formula is C15H20N4O2. The molecule has 0 fully saturated rings. The third-order valence-corrected chi connectivity index (χ3v) is 2.77. The summed E-state index contributed by atoms with van der Waals surface area (Å²) < 4.78 is 10.6. The molecule has 0 spiro atoms. The number of ether oxygens (including phenoxy) is 2. The molecule has 0 aliphatic heterocycles. The van der Waals surface area contributed by atoms with Crippen LogP contribution in [-0.4, -0.2) is 30.3 Å². The van der Waals surface area contributed by atoms with Crippen molar-refractivity contribution < 1.29 is 9.47 Å². The fraction of sp³-hybridized carbons (Fsp3) is 0.333. The number of nitrogens with one attached hydrogen (secondary N) is 1. The van der Waals surface area contributed by atoms with E-state index < -0.39 is 0 Å². The number of nitrogen functional groups attached to an aromatic ring is 1. The third kappa shape index (κ3) is 4.32. The van der Waals surface area contributed by atoms with Gasteiger partial charge in [0, 0.05) is 19.6 Å². The van der Waals surface area contributed by atoms with Crippen LogP contribution >= 0.6 is 0 Å². The van der Waals surface area contributed by atoms with E-state index in [2.05, 4.69) is 15.3 Å². The summed E-state index contributed by atoms with van der Waals surface area (Å²) in [6.07, 6.45) is 0.614. The lowest BCUT2D eigenvalue weighted by atomic mass is 10.3.